The Kier molecular flexibility index (Phi) is 7.11. The molecule has 0 saturated carbocycles. The Hall–Kier alpha value is -3.15. The van der Waals surface area contributed by atoms with Crippen molar-refractivity contribution in [2.75, 3.05) is 5.32 Å². The van der Waals surface area contributed by atoms with Gasteiger partial charge in [-0.3, -0.25) is 14.4 Å². The Morgan fingerprint density at radius 1 is 0.963 bits per heavy atom. The summed E-state index contributed by atoms with van der Waals surface area (Å²) in [6.45, 7) is 5.40. The molecule has 3 N–H and O–H groups in total. The van der Waals surface area contributed by atoms with E-state index in [1.54, 1.807) is 18.2 Å². The molecule has 0 saturated heterocycles. The molecule has 0 heterocycles. The molecule has 0 aliphatic carbocycles. The summed E-state index contributed by atoms with van der Waals surface area (Å²) < 4.78 is 0. The third-order valence-electron chi connectivity index (χ3n) is 4.00. The largest absolute Gasteiger partial charge is 0.350 e. The summed E-state index contributed by atoms with van der Waals surface area (Å²) in [4.78, 5) is 36.0. The van der Waals surface area contributed by atoms with E-state index in [1.165, 1.54) is 6.92 Å². The van der Waals surface area contributed by atoms with Gasteiger partial charge in [0, 0.05) is 24.7 Å². The number of anilines is 1. The third-order valence-corrected chi connectivity index (χ3v) is 4.00. The molecule has 0 aromatic heterocycles. The number of carbonyl (C=O) groups excluding carboxylic acids is 3. The zero-order valence-electron chi connectivity index (χ0n) is 15.8. The normalized spacial score (nSPS) is 11.6. The highest BCUT2D eigenvalue weighted by atomic mass is 16.2. The zero-order valence-corrected chi connectivity index (χ0v) is 15.8. The molecular formula is C21H25N3O3. The van der Waals surface area contributed by atoms with Gasteiger partial charge in [-0.2, -0.15) is 0 Å². The molecule has 0 fully saturated rings. The minimum absolute atomic E-state index is 0.0307. The molecular weight excluding hydrogens is 342 g/mol. The van der Waals surface area contributed by atoms with Gasteiger partial charge in [0.05, 0.1) is 0 Å². The fraction of sp³-hybridized carbons (Fsp3) is 0.286. The topological polar surface area (TPSA) is 87.3 Å². The van der Waals surface area contributed by atoms with Crippen LogP contribution in [0.2, 0.25) is 0 Å². The van der Waals surface area contributed by atoms with E-state index in [-0.39, 0.29) is 30.2 Å². The molecule has 6 nitrogen and oxygen atoms in total. The van der Waals surface area contributed by atoms with Crippen LogP contribution >= 0.6 is 0 Å². The molecule has 6 heteroatoms. The van der Waals surface area contributed by atoms with Crippen LogP contribution in [0, 0.1) is 5.92 Å². The van der Waals surface area contributed by atoms with Crippen LogP contribution in [0.4, 0.5) is 5.69 Å². The summed E-state index contributed by atoms with van der Waals surface area (Å²) in [5, 5.41) is 8.30. The fourth-order valence-corrected chi connectivity index (χ4v) is 2.60. The van der Waals surface area contributed by atoms with Gasteiger partial charge in [-0.15, -0.1) is 0 Å². The van der Waals surface area contributed by atoms with E-state index in [2.05, 4.69) is 16.0 Å². The van der Waals surface area contributed by atoms with Crippen molar-refractivity contribution in [3.8, 4) is 0 Å². The van der Waals surface area contributed by atoms with Gasteiger partial charge in [0.15, 0.2) is 0 Å². The first kappa shape index (κ1) is 20.2. The SMILES string of the molecule is CC(=O)NC(C(=O)NCc1cccc(C(=O)Nc2ccccc2)c1)C(C)C. The van der Waals surface area contributed by atoms with Gasteiger partial charge in [-0.25, -0.2) is 0 Å². The molecule has 142 valence electrons. The predicted octanol–water partition coefficient (Wildman–Crippen LogP) is 2.72. The van der Waals surface area contributed by atoms with E-state index in [9.17, 15) is 14.4 Å². The molecule has 0 bridgehead atoms. The minimum atomic E-state index is -0.591. The molecule has 0 aliphatic heterocycles. The van der Waals surface area contributed by atoms with Crippen LogP contribution in [0.25, 0.3) is 0 Å². The summed E-state index contributed by atoms with van der Waals surface area (Å²) in [5.74, 6) is -0.743. The average molecular weight is 367 g/mol. The highest BCUT2D eigenvalue weighted by Crippen LogP contribution is 2.11. The lowest BCUT2D eigenvalue weighted by atomic mass is 10.0. The highest BCUT2D eigenvalue weighted by molar-refractivity contribution is 6.04. The Morgan fingerprint density at radius 3 is 2.30 bits per heavy atom. The van der Waals surface area contributed by atoms with Crippen molar-refractivity contribution >= 4 is 23.4 Å². The van der Waals surface area contributed by atoms with Crippen molar-refractivity contribution in [2.24, 2.45) is 5.92 Å². The maximum absolute atomic E-state index is 12.4. The second-order valence-corrected chi connectivity index (χ2v) is 6.66. The first-order valence-electron chi connectivity index (χ1n) is 8.87. The highest BCUT2D eigenvalue weighted by Gasteiger charge is 2.22. The predicted molar refractivity (Wildman–Crippen MR) is 105 cm³/mol. The molecule has 3 amide bonds. The van der Waals surface area contributed by atoms with Gasteiger partial charge in [0.25, 0.3) is 5.91 Å². The van der Waals surface area contributed by atoms with Crippen LogP contribution in [-0.2, 0) is 16.1 Å². The van der Waals surface area contributed by atoms with Crippen molar-refractivity contribution in [3.63, 3.8) is 0 Å². The number of hydrogen-bond acceptors (Lipinski definition) is 3. The van der Waals surface area contributed by atoms with Crippen LogP contribution in [0.3, 0.4) is 0 Å². The third kappa shape index (κ3) is 6.26. The molecule has 0 aliphatic rings. The van der Waals surface area contributed by atoms with E-state index in [0.29, 0.717) is 5.56 Å². The lowest BCUT2D eigenvalue weighted by Gasteiger charge is -2.21. The van der Waals surface area contributed by atoms with Crippen molar-refractivity contribution in [2.45, 2.75) is 33.4 Å². The van der Waals surface area contributed by atoms with E-state index in [4.69, 9.17) is 0 Å². The maximum atomic E-state index is 12.4. The van der Waals surface area contributed by atoms with Crippen LogP contribution in [0.15, 0.2) is 54.6 Å². The number of carbonyl (C=O) groups is 3. The summed E-state index contributed by atoms with van der Waals surface area (Å²) in [5.41, 5.74) is 2.03. The van der Waals surface area contributed by atoms with Crippen LogP contribution < -0.4 is 16.0 Å². The molecule has 1 atom stereocenters. The number of amides is 3. The van der Waals surface area contributed by atoms with Crippen molar-refractivity contribution in [1.82, 2.24) is 10.6 Å². The number of rotatable bonds is 7. The fourth-order valence-electron chi connectivity index (χ4n) is 2.60. The Balaban J connectivity index is 1.99. The van der Waals surface area contributed by atoms with Crippen LogP contribution in [0.5, 0.6) is 0 Å². The average Bonchev–Trinajstić information content (AvgIpc) is 2.65. The molecule has 2 aromatic carbocycles. The van der Waals surface area contributed by atoms with Gasteiger partial charge >= 0.3 is 0 Å². The van der Waals surface area contributed by atoms with E-state index < -0.39 is 6.04 Å². The lowest BCUT2D eigenvalue weighted by Crippen LogP contribution is -2.48. The summed E-state index contributed by atoms with van der Waals surface area (Å²) in [6.07, 6.45) is 0. The number of para-hydroxylation sites is 1. The van der Waals surface area contributed by atoms with Gasteiger partial charge in [-0.1, -0.05) is 44.2 Å². The quantitative estimate of drug-likeness (QED) is 0.703. The summed E-state index contributed by atoms with van der Waals surface area (Å²) >= 11 is 0. The minimum Gasteiger partial charge on any atom is -0.350 e. The molecule has 1 unspecified atom stereocenters. The number of nitrogens with one attached hydrogen (secondary N) is 3. The standard InChI is InChI=1S/C21H25N3O3/c1-14(2)19(23-15(3)25)21(27)22-13-16-8-7-9-17(12-16)20(26)24-18-10-5-4-6-11-18/h4-12,14,19H,13H2,1-3H3,(H,22,27)(H,23,25)(H,24,26). The smallest absolute Gasteiger partial charge is 0.255 e. The van der Waals surface area contributed by atoms with Crippen LogP contribution in [0.1, 0.15) is 36.7 Å². The Labute approximate surface area is 159 Å². The summed E-state index contributed by atoms with van der Waals surface area (Å²) in [7, 11) is 0. The molecule has 0 spiro atoms. The number of hydrogen-bond donors (Lipinski definition) is 3. The van der Waals surface area contributed by atoms with Crippen molar-refractivity contribution in [3.05, 3.63) is 65.7 Å². The first-order valence-corrected chi connectivity index (χ1v) is 8.87. The zero-order chi connectivity index (χ0) is 19.8. The van der Waals surface area contributed by atoms with Crippen molar-refractivity contribution in [1.29, 1.82) is 0 Å². The first-order chi connectivity index (χ1) is 12.9. The Bertz CT molecular complexity index is 803. The lowest BCUT2D eigenvalue weighted by molar-refractivity contribution is -0.129. The second kappa shape index (κ2) is 9.52. The van der Waals surface area contributed by atoms with E-state index in [1.807, 2.05) is 50.2 Å². The van der Waals surface area contributed by atoms with Gasteiger partial charge in [0.2, 0.25) is 11.8 Å². The molecule has 2 rings (SSSR count). The van der Waals surface area contributed by atoms with Gasteiger partial charge < -0.3 is 16.0 Å². The van der Waals surface area contributed by atoms with E-state index in [0.717, 1.165) is 11.3 Å². The molecule has 0 radical (unpaired) electrons. The molecule has 2 aromatic rings. The second-order valence-electron chi connectivity index (χ2n) is 6.66. The Morgan fingerprint density at radius 2 is 1.67 bits per heavy atom. The maximum Gasteiger partial charge on any atom is 0.255 e. The molecule has 27 heavy (non-hydrogen) atoms. The number of benzene rings is 2. The van der Waals surface area contributed by atoms with Gasteiger partial charge in [-0.05, 0) is 35.7 Å². The monoisotopic (exact) mass is 367 g/mol. The van der Waals surface area contributed by atoms with Crippen LogP contribution in [-0.4, -0.2) is 23.8 Å². The van der Waals surface area contributed by atoms with Crippen molar-refractivity contribution < 1.29 is 14.4 Å². The summed E-state index contributed by atoms with van der Waals surface area (Å²) in [6, 6.07) is 15.7. The van der Waals surface area contributed by atoms with E-state index >= 15 is 0 Å². The van der Waals surface area contributed by atoms with Gasteiger partial charge in [0.1, 0.15) is 6.04 Å².